The summed E-state index contributed by atoms with van der Waals surface area (Å²) in [6.45, 7) is 1.09. The fourth-order valence-electron chi connectivity index (χ4n) is 1.22. The van der Waals surface area contributed by atoms with Crippen LogP contribution in [0.1, 0.15) is 6.42 Å². The van der Waals surface area contributed by atoms with Crippen molar-refractivity contribution in [3.63, 3.8) is 0 Å². The molecule has 0 saturated carbocycles. The van der Waals surface area contributed by atoms with Crippen molar-refractivity contribution in [2.45, 2.75) is 18.8 Å². The summed E-state index contributed by atoms with van der Waals surface area (Å²) >= 11 is 0. The number of hydrogen-bond donors (Lipinski definition) is 1. The highest BCUT2D eigenvalue weighted by Gasteiger charge is 2.21. The standard InChI is InChI=1S/C9H18BNO3/c1-11(2,3)7-8(6-9(12)13)14-5-4-10/h8H,4-7H2,1-3H3/p+1. The fraction of sp³-hybridized carbons (Fsp3) is 0.889. The Morgan fingerprint density at radius 1 is 1.50 bits per heavy atom. The third-order valence-electron chi connectivity index (χ3n) is 1.63. The highest BCUT2D eigenvalue weighted by molar-refractivity contribution is 6.08. The summed E-state index contributed by atoms with van der Waals surface area (Å²) < 4.78 is 6.04. The maximum absolute atomic E-state index is 10.5. The Morgan fingerprint density at radius 2 is 2.07 bits per heavy atom. The number of carbonyl (C=O) groups is 1. The molecule has 0 spiro atoms. The zero-order valence-electron chi connectivity index (χ0n) is 9.19. The van der Waals surface area contributed by atoms with Gasteiger partial charge in [0.1, 0.15) is 12.6 Å². The van der Waals surface area contributed by atoms with E-state index in [1.165, 1.54) is 0 Å². The van der Waals surface area contributed by atoms with E-state index in [1.807, 2.05) is 21.1 Å². The van der Waals surface area contributed by atoms with E-state index < -0.39 is 5.97 Å². The first-order valence-electron chi connectivity index (χ1n) is 4.69. The van der Waals surface area contributed by atoms with Gasteiger partial charge in [0.25, 0.3) is 0 Å². The second-order valence-electron chi connectivity index (χ2n) is 4.35. The number of aliphatic carboxylic acids is 1. The third kappa shape index (κ3) is 8.07. The van der Waals surface area contributed by atoms with Crippen LogP contribution in [-0.4, -0.2) is 63.8 Å². The molecule has 4 nitrogen and oxygen atoms in total. The highest BCUT2D eigenvalue weighted by atomic mass is 16.5. The van der Waals surface area contributed by atoms with Crippen LogP contribution in [0.4, 0.5) is 0 Å². The minimum absolute atomic E-state index is 0.0372. The molecule has 0 aliphatic rings. The summed E-state index contributed by atoms with van der Waals surface area (Å²) in [7, 11) is 11.3. The predicted octanol–water partition coefficient (Wildman–Crippen LogP) is 0.139. The number of rotatable bonds is 7. The first kappa shape index (κ1) is 13.5. The largest absolute Gasteiger partial charge is 0.481 e. The molecular weight excluding hydrogens is 181 g/mol. The average Bonchev–Trinajstić information content (AvgIpc) is 1.96. The second-order valence-corrected chi connectivity index (χ2v) is 4.35. The fourth-order valence-corrected chi connectivity index (χ4v) is 1.22. The molecule has 0 aliphatic heterocycles. The summed E-state index contributed by atoms with van der Waals surface area (Å²) in [5.41, 5.74) is 0. The lowest BCUT2D eigenvalue weighted by Gasteiger charge is -2.28. The number of likely N-dealkylation sites (N-methyl/N-ethyl adjacent to an activating group) is 1. The molecule has 1 unspecified atom stereocenters. The van der Waals surface area contributed by atoms with Crippen molar-refractivity contribution in [2.24, 2.45) is 0 Å². The van der Waals surface area contributed by atoms with Crippen LogP contribution in [0.25, 0.3) is 0 Å². The van der Waals surface area contributed by atoms with Crippen molar-refractivity contribution < 1.29 is 19.1 Å². The Hall–Kier alpha value is -0.545. The topological polar surface area (TPSA) is 46.5 Å². The summed E-state index contributed by atoms with van der Waals surface area (Å²) in [5.74, 6) is -0.833. The molecule has 0 aliphatic carbocycles. The molecule has 0 saturated heterocycles. The minimum atomic E-state index is -0.833. The molecule has 80 valence electrons. The summed E-state index contributed by atoms with van der Waals surface area (Å²) in [4.78, 5) is 10.5. The lowest BCUT2D eigenvalue weighted by molar-refractivity contribution is -0.873. The Bertz CT molecular complexity index is 179. The van der Waals surface area contributed by atoms with E-state index in [9.17, 15) is 4.79 Å². The molecule has 0 aromatic carbocycles. The van der Waals surface area contributed by atoms with Crippen LogP contribution in [-0.2, 0) is 9.53 Å². The van der Waals surface area contributed by atoms with Gasteiger partial charge in [0, 0.05) is 6.61 Å². The zero-order valence-corrected chi connectivity index (χ0v) is 9.19. The van der Waals surface area contributed by atoms with Gasteiger partial charge in [0.15, 0.2) is 0 Å². The van der Waals surface area contributed by atoms with Gasteiger partial charge in [-0.25, -0.2) is 0 Å². The van der Waals surface area contributed by atoms with Crippen LogP contribution >= 0.6 is 0 Å². The SMILES string of the molecule is [B]CCOC(CC(=O)O)C[N+](C)(C)C. The molecule has 0 rings (SSSR count). The first-order valence-corrected chi connectivity index (χ1v) is 4.69. The van der Waals surface area contributed by atoms with Gasteiger partial charge in [-0.05, 0) is 0 Å². The van der Waals surface area contributed by atoms with E-state index in [2.05, 4.69) is 0 Å². The van der Waals surface area contributed by atoms with E-state index in [0.717, 1.165) is 0 Å². The summed E-state index contributed by atoms with van der Waals surface area (Å²) in [6.07, 6.45) is 0.207. The van der Waals surface area contributed by atoms with Gasteiger partial charge < -0.3 is 14.3 Å². The van der Waals surface area contributed by atoms with Crippen molar-refractivity contribution >= 4 is 13.8 Å². The Morgan fingerprint density at radius 3 is 2.43 bits per heavy atom. The van der Waals surface area contributed by atoms with Crippen molar-refractivity contribution in [3.8, 4) is 0 Å². The normalized spacial score (nSPS) is 13.9. The molecule has 0 fully saturated rings. The van der Waals surface area contributed by atoms with Crippen molar-refractivity contribution in [1.29, 1.82) is 0 Å². The molecule has 0 amide bonds. The van der Waals surface area contributed by atoms with Crippen LogP contribution in [0.15, 0.2) is 0 Å². The molecular formula is C9H19BNO3+. The molecule has 0 aromatic heterocycles. The molecule has 2 radical (unpaired) electrons. The third-order valence-corrected chi connectivity index (χ3v) is 1.63. The zero-order chi connectivity index (χ0) is 11.2. The van der Waals surface area contributed by atoms with Crippen LogP contribution in [0.2, 0.25) is 6.32 Å². The van der Waals surface area contributed by atoms with Crippen LogP contribution in [0.3, 0.4) is 0 Å². The van der Waals surface area contributed by atoms with Crippen molar-refractivity contribution in [3.05, 3.63) is 0 Å². The Kier molecular flexibility index (Phi) is 5.80. The van der Waals surface area contributed by atoms with Crippen LogP contribution in [0.5, 0.6) is 0 Å². The van der Waals surface area contributed by atoms with Crippen molar-refractivity contribution in [1.82, 2.24) is 0 Å². The van der Waals surface area contributed by atoms with Gasteiger partial charge in [-0.3, -0.25) is 4.79 Å². The number of nitrogens with zero attached hydrogens (tertiary/aromatic N) is 1. The number of carboxylic acids is 1. The maximum atomic E-state index is 10.5. The second kappa shape index (κ2) is 6.04. The lowest BCUT2D eigenvalue weighted by Crippen LogP contribution is -2.43. The van der Waals surface area contributed by atoms with Gasteiger partial charge in [0.2, 0.25) is 0 Å². The first-order chi connectivity index (χ1) is 6.35. The summed E-state index contributed by atoms with van der Waals surface area (Å²) in [5, 5.41) is 8.66. The molecule has 5 heteroatoms. The van der Waals surface area contributed by atoms with Crippen LogP contribution in [0, 0.1) is 0 Å². The number of carboxylic acid groups (broad SMARTS) is 1. The number of ether oxygens (including phenoxy) is 1. The molecule has 0 bridgehead atoms. The van der Waals surface area contributed by atoms with Gasteiger partial charge >= 0.3 is 5.97 Å². The van der Waals surface area contributed by atoms with E-state index in [1.54, 1.807) is 0 Å². The Balaban J connectivity index is 4.03. The lowest BCUT2D eigenvalue weighted by atomic mass is 10.1. The summed E-state index contributed by atoms with van der Waals surface area (Å²) in [6, 6.07) is 0. The highest BCUT2D eigenvalue weighted by Crippen LogP contribution is 2.05. The quantitative estimate of drug-likeness (QED) is 0.469. The van der Waals surface area contributed by atoms with Gasteiger partial charge in [0.05, 0.1) is 35.4 Å². The number of quaternary nitrogens is 1. The smallest absolute Gasteiger partial charge is 0.306 e. The van der Waals surface area contributed by atoms with E-state index in [0.29, 0.717) is 24.0 Å². The van der Waals surface area contributed by atoms with Gasteiger partial charge in [-0.2, -0.15) is 0 Å². The molecule has 14 heavy (non-hydrogen) atoms. The Labute approximate surface area is 86.8 Å². The molecule has 0 heterocycles. The number of hydrogen-bond acceptors (Lipinski definition) is 2. The molecule has 0 aromatic rings. The van der Waals surface area contributed by atoms with E-state index in [-0.39, 0.29) is 12.5 Å². The van der Waals surface area contributed by atoms with Crippen molar-refractivity contribution in [2.75, 3.05) is 34.3 Å². The predicted molar refractivity (Wildman–Crippen MR) is 55.5 cm³/mol. The average molecular weight is 200 g/mol. The molecule has 1 atom stereocenters. The molecule has 1 N–H and O–H groups in total. The monoisotopic (exact) mass is 200 g/mol. The minimum Gasteiger partial charge on any atom is -0.481 e. The van der Waals surface area contributed by atoms with Crippen LogP contribution < -0.4 is 0 Å². The van der Waals surface area contributed by atoms with Gasteiger partial charge in [-0.1, -0.05) is 6.32 Å². The van der Waals surface area contributed by atoms with E-state index >= 15 is 0 Å². The van der Waals surface area contributed by atoms with Gasteiger partial charge in [-0.15, -0.1) is 0 Å². The van der Waals surface area contributed by atoms with E-state index in [4.69, 9.17) is 17.7 Å². The maximum Gasteiger partial charge on any atom is 0.306 e.